The van der Waals surface area contributed by atoms with E-state index in [1.165, 1.54) is 11.1 Å². The Labute approximate surface area is 139 Å². The molecule has 1 saturated heterocycles. The minimum atomic E-state index is -0.781. The number of nitrogens with zero attached hydrogens (tertiary/aromatic N) is 2. The number of carboxylic acid groups (broad SMARTS) is 1. The number of carbonyl (C=O) groups is 1. The van der Waals surface area contributed by atoms with Gasteiger partial charge in [0.05, 0.1) is 6.54 Å². The highest BCUT2D eigenvalue weighted by Gasteiger charge is 2.23. The summed E-state index contributed by atoms with van der Waals surface area (Å²) in [5.74, 6) is -0.274. The lowest BCUT2D eigenvalue weighted by Gasteiger charge is -2.35. The van der Waals surface area contributed by atoms with Gasteiger partial charge in [0.15, 0.2) is 0 Å². The summed E-state index contributed by atoms with van der Waals surface area (Å²) in [5, 5.41) is 12.5. The molecule has 23 heavy (non-hydrogen) atoms. The van der Waals surface area contributed by atoms with Crippen LogP contribution in [-0.4, -0.2) is 67.2 Å². The molecular formula is C18H29N3O2. The van der Waals surface area contributed by atoms with Crippen LogP contribution in [0.2, 0.25) is 0 Å². The van der Waals surface area contributed by atoms with Crippen molar-refractivity contribution in [2.24, 2.45) is 0 Å². The zero-order chi connectivity index (χ0) is 16.8. The summed E-state index contributed by atoms with van der Waals surface area (Å²) >= 11 is 0. The minimum absolute atomic E-state index is 0.0582. The average molecular weight is 319 g/mol. The second-order valence-electron chi connectivity index (χ2n) is 6.70. The zero-order valence-corrected chi connectivity index (χ0v) is 14.5. The molecule has 1 aromatic rings. The molecule has 5 nitrogen and oxygen atoms in total. The van der Waals surface area contributed by atoms with Gasteiger partial charge >= 0.3 is 5.97 Å². The summed E-state index contributed by atoms with van der Waals surface area (Å²) < 4.78 is 0. The quantitative estimate of drug-likeness (QED) is 0.802. The first-order valence-corrected chi connectivity index (χ1v) is 8.42. The molecule has 128 valence electrons. The van der Waals surface area contributed by atoms with Crippen molar-refractivity contribution in [2.45, 2.75) is 25.8 Å². The van der Waals surface area contributed by atoms with Crippen LogP contribution in [0.1, 0.15) is 36.9 Å². The Hall–Kier alpha value is -1.43. The smallest absolute Gasteiger partial charge is 0.317 e. The lowest BCUT2D eigenvalue weighted by molar-refractivity contribution is -0.138. The summed E-state index contributed by atoms with van der Waals surface area (Å²) in [5.41, 5.74) is 2.51. The Morgan fingerprint density at radius 3 is 2.30 bits per heavy atom. The van der Waals surface area contributed by atoms with Crippen LogP contribution < -0.4 is 5.32 Å². The summed E-state index contributed by atoms with van der Waals surface area (Å²) in [6.45, 7) is 9.33. The molecule has 1 heterocycles. The van der Waals surface area contributed by atoms with Crippen LogP contribution in [0.4, 0.5) is 0 Å². The van der Waals surface area contributed by atoms with Crippen molar-refractivity contribution in [3.8, 4) is 0 Å². The van der Waals surface area contributed by atoms with Crippen LogP contribution in [0.25, 0.3) is 0 Å². The third-order valence-electron chi connectivity index (χ3n) is 4.55. The highest BCUT2D eigenvalue weighted by atomic mass is 16.4. The zero-order valence-electron chi connectivity index (χ0n) is 14.5. The number of carboxylic acids is 1. The van der Waals surface area contributed by atoms with Gasteiger partial charge in [-0.2, -0.15) is 0 Å². The van der Waals surface area contributed by atoms with Gasteiger partial charge in [-0.05, 0) is 24.1 Å². The van der Waals surface area contributed by atoms with Crippen LogP contribution >= 0.6 is 0 Å². The fourth-order valence-corrected chi connectivity index (χ4v) is 3.06. The van der Waals surface area contributed by atoms with E-state index in [9.17, 15) is 4.79 Å². The summed E-state index contributed by atoms with van der Waals surface area (Å²) in [6, 6.07) is 8.74. The molecular weight excluding hydrogens is 290 g/mol. The van der Waals surface area contributed by atoms with Crippen molar-refractivity contribution in [1.29, 1.82) is 0 Å². The first-order chi connectivity index (χ1) is 11.0. The number of rotatable bonds is 7. The van der Waals surface area contributed by atoms with E-state index >= 15 is 0 Å². The maximum absolute atomic E-state index is 11.1. The second kappa shape index (κ2) is 8.43. The number of nitrogens with one attached hydrogen (secondary N) is 1. The molecule has 0 spiro atoms. The van der Waals surface area contributed by atoms with Crippen LogP contribution in [0.15, 0.2) is 24.3 Å². The van der Waals surface area contributed by atoms with Crippen LogP contribution in [0.3, 0.4) is 0 Å². The number of hydrogen-bond donors (Lipinski definition) is 2. The van der Waals surface area contributed by atoms with E-state index in [4.69, 9.17) is 5.11 Å². The Morgan fingerprint density at radius 2 is 1.78 bits per heavy atom. The molecule has 0 amide bonds. The SMILES string of the molecule is CC(C)c1ccc(C(CN2CCNCC2)N(C)CC(=O)O)cc1. The molecule has 0 aromatic heterocycles. The molecule has 1 unspecified atom stereocenters. The number of benzene rings is 1. The standard InChI is InChI=1S/C18H29N3O2/c1-14(2)15-4-6-16(7-5-15)17(20(3)13-18(22)23)12-21-10-8-19-9-11-21/h4-7,14,17,19H,8-13H2,1-3H3,(H,22,23). The van der Waals surface area contributed by atoms with Crippen LogP contribution in [0, 0.1) is 0 Å². The third-order valence-corrected chi connectivity index (χ3v) is 4.55. The molecule has 0 aliphatic carbocycles. The van der Waals surface area contributed by atoms with E-state index in [1.54, 1.807) is 0 Å². The molecule has 5 heteroatoms. The molecule has 1 fully saturated rings. The largest absolute Gasteiger partial charge is 0.480 e. The summed E-state index contributed by atoms with van der Waals surface area (Å²) in [6.07, 6.45) is 0. The number of aliphatic carboxylic acids is 1. The highest BCUT2D eigenvalue weighted by Crippen LogP contribution is 2.23. The van der Waals surface area contributed by atoms with E-state index < -0.39 is 5.97 Å². The fourth-order valence-electron chi connectivity index (χ4n) is 3.06. The Balaban J connectivity index is 2.15. The highest BCUT2D eigenvalue weighted by molar-refractivity contribution is 5.69. The van der Waals surface area contributed by atoms with Gasteiger partial charge < -0.3 is 10.4 Å². The molecule has 1 aliphatic heterocycles. The van der Waals surface area contributed by atoms with Crippen molar-refractivity contribution in [2.75, 3.05) is 46.3 Å². The topological polar surface area (TPSA) is 55.8 Å². The predicted octanol–water partition coefficient (Wildman–Crippen LogP) is 1.77. The van der Waals surface area contributed by atoms with Crippen LogP contribution in [-0.2, 0) is 4.79 Å². The van der Waals surface area contributed by atoms with E-state index in [1.807, 2.05) is 11.9 Å². The number of likely N-dealkylation sites (N-methyl/N-ethyl adjacent to an activating group) is 1. The van der Waals surface area contributed by atoms with E-state index in [0.717, 1.165) is 32.7 Å². The Morgan fingerprint density at radius 1 is 1.22 bits per heavy atom. The van der Waals surface area contributed by atoms with Crippen LogP contribution in [0.5, 0.6) is 0 Å². The molecule has 1 aromatic carbocycles. The lowest BCUT2D eigenvalue weighted by atomic mass is 9.98. The van der Waals surface area contributed by atoms with E-state index in [2.05, 4.69) is 48.3 Å². The lowest BCUT2D eigenvalue weighted by Crippen LogP contribution is -2.47. The maximum Gasteiger partial charge on any atom is 0.317 e. The fraction of sp³-hybridized carbons (Fsp3) is 0.611. The van der Waals surface area contributed by atoms with Gasteiger partial charge in [0.25, 0.3) is 0 Å². The van der Waals surface area contributed by atoms with Crippen molar-refractivity contribution in [1.82, 2.24) is 15.1 Å². The first kappa shape index (κ1) is 17.9. The minimum Gasteiger partial charge on any atom is -0.480 e. The maximum atomic E-state index is 11.1. The first-order valence-electron chi connectivity index (χ1n) is 8.42. The number of piperazine rings is 1. The molecule has 0 saturated carbocycles. The monoisotopic (exact) mass is 319 g/mol. The van der Waals surface area contributed by atoms with Crippen molar-refractivity contribution >= 4 is 5.97 Å². The predicted molar refractivity (Wildman–Crippen MR) is 92.8 cm³/mol. The van der Waals surface area contributed by atoms with Crippen molar-refractivity contribution in [3.63, 3.8) is 0 Å². The molecule has 1 aliphatic rings. The Bertz CT molecular complexity index is 495. The summed E-state index contributed by atoms with van der Waals surface area (Å²) in [7, 11) is 1.90. The Kier molecular flexibility index (Phi) is 6.57. The van der Waals surface area contributed by atoms with Gasteiger partial charge in [0, 0.05) is 38.8 Å². The van der Waals surface area contributed by atoms with E-state index in [-0.39, 0.29) is 12.6 Å². The second-order valence-corrected chi connectivity index (χ2v) is 6.70. The molecule has 0 radical (unpaired) electrons. The van der Waals surface area contributed by atoms with Gasteiger partial charge in [0.2, 0.25) is 0 Å². The van der Waals surface area contributed by atoms with Crippen molar-refractivity contribution < 1.29 is 9.90 Å². The molecule has 0 bridgehead atoms. The summed E-state index contributed by atoms with van der Waals surface area (Å²) in [4.78, 5) is 15.5. The average Bonchev–Trinajstić information content (AvgIpc) is 2.53. The molecule has 2 rings (SSSR count). The normalized spacial score (nSPS) is 17.6. The van der Waals surface area contributed by atoms with Gasteiger partial charge in [-0.1, -0.05) is 38.1 Å². The van der Waals surface area contributed by atoms with Gasteiger partial charge in [0.1, 0.15) is 0 Å². The van der Waals surface area contributed by atoms with E-state index in [0.29, 0.717) is 5.92 Å². The molecule has 1 atom stereocenters. The van der Waals surface area contributed by atoms with Gasteiger partial charge in [-0.25, -0.2) is 0 Å². The van der Waals surface area contributed by atoms with Gasteiger partial charge in [-0.3, -0.25) is 14.6 Å². The van der Waals surface area contributed by atoms with Gasteiger partial charge in [-0.15, -0.1) is 0 Å². The van der Waals surface area contributed by atoms with Crippen molar-refractivity contribution in [3.05, 3.63) is 35.4 Å². The third kappa shape index (κ3) is 5.30. The number of hydrogen-bond acceptors (Lipinski definition) is 4. The molecule has 2 N–H and O–H groups in total.